The molecule has 0 aliphatic carbocycles. The minimum absolute atomic E-state index is 0.276. The molecule has 0 heterocycles. The molecule has 2 aromatic rings. The van der Waals surface area contributed by atoms with Crippen LogP contribution in [-0.4, -0.2) is 14.2 Å². The molecule has 0 fully saturated rings. The van der Waals surface area contributed by atoms with Crippen LogP contribution >= 0.6 is 0 Å². The van der Waals surface area contributed by atoms with Crippen LogP contribution in [0.1, 0.15) is 0 Å². The second-order valence-electron chi connectivity index (χ2n) is 3.59. The molecule has 0 amide bonds. The number of rotatable bonds is 4. The Bertz CT molecular complexity index is 526. The summed E-state index contributed by atoms with van der Waals surface area (Å²) >= 11 is 0. The third-order valence-corrected chi connectivity index (χ3v) is 2.45. The molecular formula is C14H13FNO2. The minimum Gasteiger partial charge on any atom is -0.493 e. The lowest BCUT2D eigenvalue weighted by molar-refractivity contribution is 0.356. The molecule has 4 heteroatoms. The van der Waals surface area contributed by atoms with E-state index in [0.717, 1.165) is 5.69 Å². The summed E-state index contributed by atoms with van der Waals surface area (Å²) in [6, 6.07) is 12.6. The van der Waals surface area contributed by atoms with Crippen molar-refractivity contribution in [3.8, 4) is 11.5 Å². The zero-order valence-corrected chi connectivity index (χ0v) is 10.2. The lowest BCUT2D eigenvalue weighted by Crippen LogP contribution is -1.97. The van der Waals surface area contributed by atoms with E-state index in [1.165, 1.54) is 12.1 Å². The van der Waals surface area contributed by atoms with Crippen LogP contribution < -0.4 is 14.8 Å². The fourth-order valence-corrected chi connectivity index (χ4v) is 1.60. The van der Waals surface area contributed by atoms with E-state index in [1.54, 1.807) is 38.5 Å². The molecule has 0 bridgehead atoms. The summed E-state index contributed by atoms with van der Waals surface area (Å²) in [4.78, 5) is 0. The van der Waals surface area contributed by atoms with Crippen molar-refractivity contribution in [2.24, 2.45) is 0 Å². The molecule has 0 saturated heterocycles. The standard InChI is InChI=1S/C14H13FNO2/c1-17-13-5-3-4-12(14(13)18-2)16-11-8-6-10(15)7-9-11/h3,5-9,16H,1-2H3. The molecule has 1 radical (unpaired) electrons. The van der Waals surface area contributed by atoms with Crippen LogP contribution in [0.4, 0.5) is 15.8 Å². The molecule has 0 aliphatic rings. The van der Waals surface area contributed by atoms with Crippen molar-refractivity contribution in [3.63, 3.8) is 0 Å². The molecule has 18 heavy (non-hydrogen) atoms. The van der Waals surface area contributed by atoms with Crippen LogP contribution in [0.5, 0.6) is 11.5 Å². The van der Waals surface area contributed by atoms with Crippen LogP contribution in [0, 0.1) is 11.9 Å². The van der Waals surface area contributed by atoms with E-state index in [2.05, 4.69) is 11.4 Å². The summed E-state index contributed by atoms with van der Waals surface area (Å²) in [5.74, 6) is 0.896. The first-order valence-corrected chi connectivity index (χ1v) is 5.40. The molecule has 0 aliphatic heterocycles. The molecule has 2 aromatic carbocycles. The van der Waals surface area contributed by atoms with Crippen molar-refractivity contribution in [1.82, 2.24) is 0 Å². The Balaban J connectivity index is 2.31. The maximum absolute atomic E-state index is 12.8. The fourth-order valence-electron chi connectivity index (χ4n) is 1.60. The van der Waals surface area contributed by atoms with Crippen molar-refractivity contribution in [2.45, 2.75) is 0 Å². The van der Waals surface area contributed by atoms with Gasteiger partial charge in [-0.1, -0.05) is 0 Å². The molecule has 0 saturated carbocycles. The molecule has 2 rings (SSSR count). The fraction of sp³-hybridized carbons (Fsp3) is 0.143. The number of hydrogen-bond acceptors (Lipinski definition) is 3. The highest BCUT2D eigenvalue weighted by Gasteiger charge is 2.09. The molecule has 3 nitrogen and oxygen atoms in total. The second-order valence-corrected chi connectivity index (χ2v) is 3.59. The SMILES string of the molecule is COc1cc[c]c(Nc2ccc(F)cc2)c1OC. The lowest BCUT2D eigenvalue weighted by Gasteiger charge is -2.13. The molecule has 0 unspecified atom stereocenters. The van der Waals surface area contributed by atoms with Gasteiger partial charge < -0.3 is 14.8 Å². The third-order valence-electron chi connectivity index (χ3n) is 2.45. The maximum atomic E-state index is 12.8. The molecule has 0 aromatic heterocycles. The summed E-state index contributed by atoms with van der Waals surface area (Å²) < 4.78 is 23.3. The van der Waals surface area contributed by atoms with E-state index in [4.69, 9.17) is 9.47 Å². The Hall–Kier alpha value is -2.23. The van der Waals surface area contributed by atoms with Gasteiger partial charge in [-0.25, -0.2) is 4.39 Å². The smallest absolute Gasteiger partial charge is 0.184 e. The maximum Gasteiger partial charge on any atom is 0.184 e. The van der Waals surface area contributed by atoms with Crippen LogP contribution in [-0.2, 0) is 0 Å². The van der Waals surface area contributed by atoms with Crippen molar-refractivity contribution < 1.29 is 13.9 Å². The monoisotopic (exact) mass is 246 g/mol. The minimum atomic E-state index is -0.276. The van der Waals surface area contributed by atoms with Gasteiger partial charge in [-0.3, -0.25) is 0 Å². The number of ether oxygens (including phenoxy) is 2. The van der Waals surface area contributed by atoms with E-state index in [1.807, 2.05) is 0 Å². The topological polar surface area (TPSA) is 30.5 Å². The number of halogens is 1. The largest absolute Gasteiger partial charge is 0.493 e. The van der Waals surface area contributed by atoms with E-state index >= 15 is 0 Å². The van der Waals surface area contributed by atoms with E-state index in [0.29, 0.717) is 17.2 Å². The Morgan fingerprint density at radius 2 is 1.78 bits per heavy atom. The Morgan fingerprint density at radius 3 is 2.39 bits per heavy atom. The zero-order chi connectivity index (χ0) is 13.0. The van der Waals surface area contributed by atoms with Gasteiger partial charge in [0, 0.05) is 11.8 Å². The van der Waals surface area contributed by atoms with Gasteiger partial charge in [0.05, 0.1) is 19.9 Å². The van der Waals surface area contributed by atoms with Crippen LogP contribution in [0.15, 0.2) is 36.4 Å². The van der Waals surface area contributed by atoms with Gasteiger partial charge in [-0.2, -0.15) is 0 Å². The summed E-state index contributed by atoms with van der Waals surface area (Å²) in [6.07, 6.45) is 0. The number of hydrogen-bond donors (Lipinski definition) is 1. The van der Waals surface area contributed by atoms with Crippen molar-refractivity contribution >= 4 is 11.4 Å². The predicted molar refractivity (Wildman–Crippen MR) is 68.1 cm³/mol. The zero-order valence-electron chi connectivity index (χ0n) is 10.2. The molecular weight excluding hydrogens is 233 g/mol. The van der Waals surface area contributed by atoms with E-state index in [-0.39, 0.29) is 5.82 Å². The summed E-state index contributed by atoms with van der Waals surface area (Å²) in [5, 5.41) is 3.10. The molecule has 0 spiro atoms. The van der Waals surface area contributed by atoms with Crippen molar-refractivity contribution in [2.75, 3.05) is 19.5 Å². The van der Waals surface area contributed by atoms with Gasteiger partial charge in [0.25, 0.3) is 0 Å². The van der Waals surface area contributed by atoms with Gasteiger partial charge in [-0.05, 0) is 36.4 Å². The number of anilines is 2. The van der Waals surface area contributed by atoms with Gasteiger partial charge >= 0.3 is 0 Å². The van der Waals surface area contributed by atoms with Crippen LogP contribution in [0.2, 0.25) is 0 Å². The quantitative estimate of drug-likeness (QED) is 0.897. The summed E-state index contributed by atoms with van der Waals surface area (Å²) in [6.45, 7) is 0. The first-order valence-electron chi connectivity index (χ1n) is 5.40. The van der Waals surface area contributed by atoms with Crippen LogP contribution in [0.25, 0.3) is 0 Å². The van der Waals surface area contributed by atoms with Gasteiger partial charge in [0.15, 0.2) is 11.5 Å². The normalized spacial score (nSPS) is 9.94. The first kappa shape index (κ1) is 12.2. The average Bonchev–Trinajstić information content (AvgIpc) is 2.41. The predicted octanol–water partition coefficient (Wildman–Crippen LogP) is 3.39. The third kappa shape index (κ3) is 2.53. The Labute approximate surface area is 105 Å². The number of nitrogens with one attached hydrogen (secondary N) is 1. The second kappa shape index (κ2) is 5.40. The highest BCUT2D eigenvalue weighted by Crippen LogP contribution is 2.35. The van der Waals surface area contributed by atoms with Crippen molar-refractivity contribution in [1.29, 1.82) is 0 Å². The van der Waals surface area contributed by atoms with Crippen LogP contribution in [0.3, 0.4) is 0 Å². The van der Waals surface area contributed by atoms with Gasteiger partial charge in [-0.15, -0.1) is 0 Å². The van der Waals surface area contributed by atoms with Gasteiger partial charge in [0.1, 0.15) is 5.82 Å². The summed E-state index contributed by atoms with van der Waals surface area (Å²) in [5.41, 5.74) is 1.39. The lowest BCUT2D eigenvalue weighted by atomic mass is 10.2. The Morgan fingerprint density at radius 1 is 1.06 bits per heavy atom. The van der Waals surface area contributed by atoms with Gasteiger partial charge in [0.2, 0.25) is 0 Å². The molecule has 1 N–H and O–H groups in total. The number of benzene rings is 2. The molecule has 93 valence electrons. The average molecular weight is 246 g/mol. The Kier molecular flexibility index (Phi) is 3.67. The highest BCUT2D eigenvalue weighted by molar-refractivity contribution is 5.69. The highest BCUT2D eigenvalue weighted by atomic mass is 19.1. The van der Waals surface area contributed by atoms with Crippen molar-refractivity contribution in [3.05, 3.63) is 48.3 Å². The van der Waals surface area contributed by atoms with E-state index < -0.39 is 0 Å². The first-order chi connectivity index (χ1) is 8.74. The van der Waals surface area contributed by atoms with E-state index in [9.17, 15) is 4.39 Å². The molecule has 0 atom stereocenters. The number of methoxy groups -OCH3 is 2. The summed E-state index contributed by atoms with van der Waals surface area (Å²) in [7, 11) is 3.13.